The molecule has 2 unspecified atom stereocenters. The molecule has 3 N–H and O–H groups in total. The van der Waals surface area contributed by atoms with Crippen LogP contribution in [-0.2, 0) is 4.79 Å². The molecule has 1 rings (SSSR count). The van der Waals surface area contributed by atoms with E-state index in [4.69, 9.17) is 10.8 Å². The summed E-state index contributed by atoms with van der Waals surface area (Å²) >= 11 is 0. The van der Waals surface area contributed by atoms with E-state index in [1.165, 1.54) is 6.42 Å². The molecule has 1 aliphatic carbocycles. The van der Waals surface area contributed by atoms with Crippen LogP contribution in [0.1, 0.15) is 52.9 Å². The van der Waals surface area contributed by atoms with Crippen molar-refractivity contribution in [2.75, 3.05) is 0 Å². The molecule has 88 valence electrons. The molecule has 3 nitrogen and oxygen atoms in total. The van der Waals surface area contributed by atoms with Crippen molar-refractivity contribution in [1.82, 2.24) is 0 Å². The molecule has 0 amide bonds. The number of carboxylic acids is 1. The molecule has 0 spiro atoms. The van der Waals surface area contributed by atoms with Gasteiger partial charge in [0, 0.05) is 5.54 Å². The van der Waals surface area contributed by atoms with Gasteiger partial charge in [0.25, 0.3) is 0 Å². The van der Waals surface area contributed by atoms with Gasteiger partial charge in [-0.1, -0.05) is 19.8 Å². The maximum absolute atomic E-state index is 11.0. The van der Waals surface area contributed by atoms with Gasteiger partial charge in [-0.2, -0.15) is 0 Å². The third-order valence-corrected chi connectivity index (χ3v) is 3.95. The summed E-state index contributed by atoms with van der Waals surface area (Å²) in [5, 5.41) is 9.02. The zero-order valence-corrected chi connectivity index (χ0v) is 10.0. The predicted molar refractivity (Wildman–Crippen MR) is 60.6 cm³/mol. The van der Waals surface area contributed by atoms with Crippen LogP contribution in [0.25, 0.3) is 0 Å². The van der Waals surface area contributed by atoms with Crippen molar-refractivity contribution in [3.63, 3.8) is 0 Å². The quantitative estimate of drug-likeness (QED) is 0.756. The second kappa shape index (κ2) is 4.12. The highest BCUT2D eigenvalue weighted by atomic mass is 16.4. The van der Waals surface area contributed by atoms with Crippen LogP contribution in [0.2, 0.25) is 0 Å². The summed E-state index contributed by atoms with van der Waals surface area (Å²) < 4.78 is 0. The van der Waals surface area contributed by atoms with Crippen molar-refractivity contribution in [1.29, 1.82) is 0 Å². The van der Waals surface area contributed by atoms with Crippen LogP contribution in [0, 0.1) is 11.3 Å². The number of hydrogen-bond acceptors (Lipinski definition) is 2. The molecule has 0 radical (unpaired) electrons. The fourth-order valence-corrected chi connectivity index (χ4v) is 2.92. The Bertz CT molecular complexity index is 244. The van der Waals surface area contributed by atoms with E-state index in [0.717, 1.165) is 19.3 Å². The molecule has 0 bridgehead atoms. The first-order chi connectivity index (χ1) is 6.77. The summed E-state index contributed by atoms with van der Waals surface area (Å²) in [5.41, 5.74) is 5.58. The number of rotatable bonds is 3. The van der Waals surface area contributed by atoms with Crippen LogP contribution in [0.5, 0.6) is 0 Å². The highest BCUT2D eigenvalue weighted by Crippen LogP contribution is 2.48. The lowest BCUT2D eigenvalue weighted by molar-refractivity contribution is -0.142. The van der Waals surface area contributed by atoms with E-state index in [1.807, 2.05) is 13.8 Å². The summed E-state index contributed by atoms with van der Waals surface area (Å²) in [6.07, 6.45) is 4.42. The van der Waals surface area contributed by atoms with Gasteiger partial charge >= 0.3 is 5.97 Å². The van der Waals surface area contributed by atoms with Gasteiger partial charge in [-0.25, -0.2) is 0 Å². The van der Waals surface area contributed by atoms with Crippen LogP contribution in [0.15, 0.2) is 0 Å². The third kappa shape index (κ3) is 2.71. The molecule has 1 fully saturated rings. The van der Waals surface area contributed by atoms with Crippen molar-refractivity contribution in [2.24, 2.45) is 17.1 Å². The second-order valence-corrected chi connectivity index (χ2v) is 5.77. The molecule has 0 heterocycles. The molecule has 0 aromatic carbocycles. The summed E-state index contributed by atoms with van der Waals surface area (Å²) in [6, 6.07) is 0. The third-order valence-electron chi connectivity index (χ3n) is 3.95. The van der Waals surface area contributed by atoms with Crippen LogP contribution >= 0.6 is 0 Å². The largest absolute Gasteiger partial charge is 0.481 e. The van der Waals surface area contributed by atoms with Crippen molar-refractivity contribution < 1.29 is 9.90 Å². The van der Waals surface area contributed by atoms with Crippen molar-refractivity contribution in [2.45, 2.75) is 58.4 Å². The van der Waals surface area contributed by atoms with Gasteiger partial charge in [0.05, 0.1) is 6.42 Å². The zero-order valence-electron chi connectivity index (χ0n) is 10.0. The van der Waals surface area contributed by atoms with Gasteiger partial charge in [-0.05, 0) is 38.0 Å². The molecular formula is C12H23NO2. The molecule has 0 aromatic rings. The first-order valence-corrected chi connectivity index (χ1v) is 5.77. The average Bonchev–Trinajstić information content (AvgIpc) is 2.00. The fourth-order valence-electron chi connectivity index (χ4n) is 2.92. The topological polar surface area (TPSA) is 63.3 Å². The Labute approximate surface area is 92.0 Å². The van der Waals surface area contributed by atoms with Crippen LogP contribution in [-0.4, -0.2) is 16.6 Å². The Hall–Kier alpha value is -0.570. The number of carbonyl (C=O) groups is 1. The van der Waals surface area contributed by atoms with Crippen molar-refractivity contribution in [3.05, 3.63) is 0 Å². The van der Waals surface area contributed by atoms with Crippen LogP contribution < -0.4 is 5.73 Å². The maximum atomic E-state index is 11.0. The summed E-state index contributed by atoms with van der Waals surface area (Å²) in [6.45, 7) is 6.13. The zero-order chi connectivity index (χ0) is 11.7. The molecule has 0 aromatic heterocycles. The van der Waals surface area contributed by atoms with E-state index < -0.39 is 11.5 Å². The SMILES string of the molecule is CC1CCCC(CC(=O)O)(C(C)(C)N)C1. The summed E-state index contributed by atoms with van der Waals surface area (Å²) in [4.78, 5) is 11.0. The van der Waals surface area contributed by atoms with Gasteiger partial charge in [-0.15, -0.1) is 0 Å². The standard InChI is InChI=1S/C12H23NO2/c1-9-5-4-6-12(7-9,8-10(14)15)11(2,3)13/h9H,4-8,13H2,1-3H3,(H,14,15). The van der Waals surface area contributed by atoms with Gasteiger partial charge in [0.15, 0.2) is 0 Å². The molecular weight excluding hydrogens is 190 g/mol. The molecule has 0 aliphatic heterocycles. The number of aliphatic carboxylic acids is 1. The Morgan fingerprint density at radius 2 is 2.20 bits per heavy atom. The maximum Gasteiger partial charge on any atom is 0.303 e. The number of hydrogen-bond donors (Lipinski definition) is 2. The van der Waals surface area contributed by atoms with E-state index in [0.29, 0.717) is 5.92 Å². The lowest BCUT2D eigenvalue weighted by atomic mass is 9.59. The molecule has 15 heavy (non-hydrogen) atoms. The van der Waals surface area contributed by atoms with Gasteiger partial charge in [0.1, 0.15) is 0 Å². The first kappa shape index (κ1) is 12.5. The highest BCUT2D eigenvalue weighted by Gasteiger charge is 2.46. The van der Waals surface area contributed by atoms with Crippen LogP contribution in [0.3, 0.4) is 0 Å². The number of nitrogens with two attached hydrogens (primary N) is 1. The average molecular weight is 213 g/mol. The van der Waals surface area contributed by atoms with Crippen LogP contribution in [0.4, 0.5) is 0 Å². The minimum Gasteiger partial charge on any atom is -0.481 e. The normalized spacial score (nSPS) is 32.7. The lowest BCUT2D eigenvalue weighted by Crippen LogP contribution is -2.53. The Balaban J connectivity index is 2.90. The van der Waals surface area contributed by atoms with Gasteiger partial charge in [-0.3, -0.25) is 4.79 Å². The summed E-state index contributed by atoms with van der Waals surface area (Å²) in [5.74, 6) is -0.122. The smallest absolute Gasteiger partial charge is 0.303 e. The Morgan fingerprint density at radius 3 is 2.60 bits per heavy atom. The lowest BCUT2D eigenvalue weighted by Gasteiger charge is -2.48. The Morgan fingerprint density at radius 1 is 1.60 bits per heavy atom. The molecule has 2 atom stereocenters. The van der Waals surface area contributed by atoms with Gasteiger partial charge in [0.2, 0.25) is 0 Å². The van der Waals surface area contributed by atoms with E-state index in [2.05, 4.69) is 6.92 Å². The molecule has 3 heteroatoms. The predicted octanol–water partition coefficient (Wildman–Crippen LogP) is 2.39. The fraction of sp³-hybridized carbons (Fsp3) is 0.917. The van der Waals surface area contributed by atoms with Crippen molar-refractivity contribution >= 4 is 5.97 Å². The van der Waals surface area contributed by atoms with Gasteiger partial charge < -0.3 is 10.8 Å². The monoisotopic (exact) mass is 213 g/mol. The van der Waals surface area contributed by atoms with E-state index >= 15 is 0 Å². The second-order valence-electron chi connectivity index (χ2n) is 5.77. The highest BCUT2D eigenvalue weighted by molar-refractivity contribution is 5.68. The number of carboxylic acid groups (broad SMARTS) is 1. The van der Waals surface area contributed by atoms with E-state index in [-0.39, 0.29) is 11.8 Å². The minimum absolute atomic E-state index is 0.209. The molecule has 1 aliphatic rings. The van der Waals surface area contributed by atoms with E-state index in [9.17, 15) is 4.79 Å². The first-order valence-electron chi connectivity index (χ1n) is 5.77. The molecule has 1 saturated carbocycles. The van der Waals surface area contributed by atoms with Crippen molar-refractivity contribution in [3.8, 4) is 0 Å². The van der Waals surface area contributed by atoms with E-state index in [1.54, 1.807) is 0 Å². The molecule has 0 saturated heterocycles. The minimum atomic E-state index is -0.720. The Kier molecular flexibility index (Phi) is 3.44. The summed E-state index contributed by atoms with van der Waals surface area (Å²) in [7, 11) is 0.